The van der Waals surface area contributed by atoms with Crippen LogP contribution in [0.2, 0.25) is 0 Å². The standard InChI is InChI=1S/C12H26N2O3S/c1-12(6-11-17-2)18(15,16)13-7-10-14-8-4-3-5-9-14/h12-13H,3-11H2,1-2H3/t12-/m0/s1. The minimum Gasteiger partial charge on any atom is -0.385 e. The third-order valence-corrected chi connectivity index (χ3v) is 5.34. The number of likely N-dealkylation sites (tertiary alicyclic amines) is 1. The third-order valence-electron chi connectivity index (χ3n) is 3.44. The molecule has 0 spiro atoms. The maximum absolute atomic E-state index is 11.9. The van der Waals surface area contributed by atoms with Crippen LogP contribution in [0.25, 0.3) is 0 Å². The number of nitrogens with one attached hydrogen (secondary N) is 1. The van der Waals surface area contributed by atoms with Gasteiger partial charge in [-0.2, -0.15) is 0 Å². The molecule has 0 aromatic carbocycles. The van der Waals surface area contributed by atoms with Gasteiger partial charge in [0.15, 0.2) is 0 Å². The fraction of sp³-hybridized carbons (Fsp3) is 1.00. The van der Waals surface area contributed by atoms with Crippen LogP contribution in [0.15, 0.2) is 0 Å². The van der Waals surface area contributed by atoms with Crippen molar-refractivity contribution in [2.45, 2.75) is 37.9 Å². The van der Waals surface area contributed by atoms with E-state index in [9.17, 15) is 8.42 Å². The van der Waals surface area contributed by atoms with Gasteiger partial charge in [0.05, 0.1) is 5.25 Å². The van der Waals surface area contributed by atoms with E-state index in [1.54, 1.807) is 14.0 Å². The van der Waals surface area contributed by atoms with E-state index in [0.717, 1.165) is 19.6 Å². The molecule has 1 heterocycles. The molecular weight excluding hydrogens is 252 g/mol. The SMILES string of the molecule is COCC[C@H](C)S(=O)(=O)NCCN1CCCCC1. The van der Waals surface area contributed by atoms with Crippen molar-refractivity contribution < 1.29 is 13.2 Å². The number of nitrogens with zero attached hydrogens (tertiary/aromatic N) is 1. The first kappa shape index (κ1) is 15.9. The number of hydrogen-bond acceptors (Lipinski definition) is 4. The Morgan fingerprint density at radius 3 is 2.56 bits per heavy atom. The molecule has 0 aliphatic carbocycles. The first-order chi connectivity index (χ1) is 8.56. The van der Waals surface area contributed by atoms with E-state index >= 15 is 0 Å². The predicted octanol–water partition coefficient (Wildman–Crippen LogP) is 0.817. The molecule has 0 radical (unpaired) electrons. The van der Waals surface area contributed by atoms with Crippen LogP contribution < -0.4 is 4.72 Å². The molecule has 0 bridgehead atoms. The lowest BCUT2D eigenvalue weighted by atomic mass is 10.1. The van der Waals surface area contributed by atoms with Crippen LogP contribution in [0, 0.1) is 0 Å². The first-order valence-electron chi connectivity index (χ1n) is 6.76. The van der Waals surface area contributed by atoms with Crippen molar-refractivity contribution in [2.24, 2.45) is 0 Å². The van der Waals surface area contributed by atoms with Gasteiger partial charge in [-0.15, -0.1) is 0 Å². The Kier molecular flexibility index (Phi) is 7.14. The van der Waals surface area contributed by atoms with Crippen LogP contribution in [0.1, 0.15) is 32.6 Å². The molecule has 6 heteroatoms. The summed E-state index contributed by atoms with van der Waals surface area (Å²) >= 11 is 0. The molecule has 5 nitrogen and oxygen atoms in total. The average molecular weight is 278 g/mol. The highest BCUT2D eigenvalue weighted by Gasteiger charge is 2.20. The van der Waals surface area contributed by atoms with Crippen molar-refractivity contribution in [3.05, 3.63) is 0 Å². The van der Waals surface area contributed by atoms with Crippen molar-refractivity contribution in [1.82, 2.24) is 9.62 Å². The van der Waals surface area contributed by atoms with E-state index < -0.39 is 10.0 Å². The zero-order chi connectivity index (χ0) is 13.4. The quantitative estimate of drug-likeness (QED) is 0.714. The summed E-state index contributed by atoms with van der Waals surface area (Å²) in [6, 6.07) is 0. The number of piperidine rings is 1. The summed E-state index contributed by atoms with van der Waals surface area (Å²) in [5.41, 5.74) is 0. The van der Waals surface area contributed by atoms with Gasteiger partial charge in [0, 0.05) is 26.8 Å². The Morgan fingerprint density at radius 2 is 1.94 bits per heavy atom. The fourth-order valence-corrected chi connectivity index (χ4v) is 3.18. The summed E-state index contributed by atoms with van der Waals surface area (Å²) in [6.07, 6.45) is 4.31. The van der Waals surface area contributed by atoms with Crippen molar-refractivity contribution in [2.75, 3.05) is 39.9 Å². The zero-order valence-electron chi connectivity index (χ0n) is 11.5. The second-order valence-electron chi connectivity index (χ2n) is 4.93. The molecule has 0 aromatic heterocycles. The lowest BCUT2D eigenvalue weighted by Gasteiger charge is -2.26. The van der Waals surface area contributed by atoms with E-state index in [4.69, 9.17) is 4.74 Å². The summed E-state index contributed by atoms with van der Waals surface area (Å²) in [7, 11) is -1.60. The summed E-state index contributed by atoms with van der Waals surface area (Å²) < 4.78 is 31.4. The molecule has 0 unspecified atom stereocenters. The molecule has 1 atom stereocenters. The number of sulfonamides is 1. The third kappa shape index (κ3) is 5.65. The van der Waals surface area contributed by atoms with Crippen LogP contribution in [0.3, 0.4) is 0 Å². The summed E-state index contributed by atoms with van der Waals surface area (Å²) in [6.45, 7) is 5.73. The molecule has 1 rings (SSSR count). The Morgan fingerprint density at radius 1 is 1.28 bits per heavy atom. The van der Waals surface area contributed by atoms with Gasteiger partial charge in [0.1, 0.15) is 0 Å². The Labute approximate surface area is 111 Å². The van der Waals surface area contributed by atoms with Crippen LogP contribution in [0.5, 0.6) is 0 Å². The molecule has 1 aliphatic rings. The average Bonchev–Trinajstić information content (AvgIpc) is 2.37. The molecule has 1 N–H and O–H groups in total. The normalized spacial score (nSPS) is 19.9. The molecule has 0 aromatic rings. The maximum Gasteiger partial charge on any atom is 0.214 e. The van der Waals surface area contributed by atoms with Gasteiger partial charge in [-0.05, 0) is 39.3 Å². The lowest BCUT2D eigenvalue weighted by Crippen LogP contribution is -2.40. The molecule has 108 valence electrons. The van der Waals surface area contributed by atoms with Crippen LogP contribution in [-0.2, 0) is 14.8 Å². The molecule has 0 amide bonds. The molecule has 18 heavy (non-hydrogen) atoms. The van der Waals surface area contributed by atoms with Crippen molar-refractivity contribution >= 4 is 10.0 Å². The predicted molar refractivity (Wildman–Crippen MR) is 73.2 cm³/mol. The highest BCUT2D eigenvalue weighted by Crippen LogP contribution is 2.08. The topological polar surface area (TPSA) is 58.6 Å². The van der Waals surface area contributed by atoms with Gasteiger partial charge in [0.2, 0.25) is 10.0 Å². The lowest BCUT2D eigenvalue weighted by molar-refractivity contribution is 0.194. The second-order valence-corrected chi connectivity index (χ2v) is 7.12. The highest BCUT2D eigenvalue weighted by molar-refractivity contribution is 7.90. The van der Waals surface area contributed by atoms with E-state index in [1.807, 2.05) is 0 Å². The van der Waals surface area contributed by atoms with Crippen LogP contribution >= 0.6 is 0 Å². The van der Waals surface area contributed by atoms with E-state index in [1.165, 1.54) is 19.3 Å². The minimum absolute atomic E-state index is 0.390. The van der Waals surface area contributed by atoms with Crippen LogP contribution in [0.4, 0.5) is 0 Å². The number of hydrogen-bond donors (Lipinski definition) is 1. The molecule has 0 saturated carbocycles. The van der Waals surface area contributed by atoms with Gasteiger partial charge in [-0.3, -0.25) is 0 Å². The van der Waals surface area contributed by atoms with E-state index in [0.29, 0.717) is 19.6 Å². The smallest absolute Gasteiger partial charge is 0.214 e. The Balaban J connectivity index is 2.23. The Hall–Kier alpha value is -0.170. The molecule has 1 saturated heterocycles. The molecular formula is C12H26N2O3S. The zero-order valence-corrected chi connectivity index (χ0v) is 12.3. The largest absolute Gasteiger partial charge is 0.385 e. The van der Waals surface area contributed by atoms with Crippen molar-refractivity contribution in [1.29, 1.82) is 0 Å². The van der Waals surface area contributed by atoms with Gasteiger partial charge < -0.3 is 9.64 Å². The second kappa shape index (κ2) is 8.09. The summed E-state index contributed by atoms with van der Waals surface area (Å²) in [5.74, 6) is 0. The minimum atomic E-state index is -3.19. The Bertz CT molecular complexity index is 313. The van der Waals surface area contributed by atoms with Crippen molar-refractivity contribution in [3.8, 4) is 0 Å². The van der Waals surface area contributed by atoms with Gasteiger partial charge >= 0.3 is 0 Å². The van der Waals surface area contributed by atoms with E-state index in [2.05, 4.69) is 9.62 Å². The van der Waals surface area contributed by atoms with Crippen LogP contribution in [-0.4, -0.2) is 58.5 Å². The van der Waals surface area contributed by atoms with Gasteiger partial charge in [0.25, 0.3) is 0 Å². The first-order valence-corrected chi connectivity index (χ1v) is 8.30. The van der Waals surface area contributed by atoms with Crippen molar-refractivity contribution in [3.63, 3.8) is 0 Å². The number of rotatable bonds is 8. The monoisotopic (exact) mass is 278 g/mol. The fourth-order valence-electron chi connectivity index (χ4n) is 2.11. The highest BCUT2D eigenvalue weighted by atomic mass is 32.2. The summed E-state index contributed by atoms with van der Waals surface area (Å²) in [5, 5.41) is -0.390. The number of methoxy groups -OCH3 is 1. The number of ether oxygens (including phenoxy) is 1. The van der Waals surface area contributed by atoms with E-state index in [-0.39, 0.29) is 5.25 Å². The van der Waals surface area contributed by atoms with Gasteiger partial charge in [-0.25, -0.2) is 13.1 Å². The maximum atomic E-state index is 11.9. The van der Waals surface area contributed by atoms with Gasteiger partial charge in [-0.1, -0.05) is 6.42 Å². The molecule has 1 aliphatic heterocycles. The summed E-state index contributed by atoms with van der Waals surface area (Å²) in [4.78, 5) is 2.33. The molecule has 1 fully saturated rings.